The van der Waals surface area contributed by atoms with Crippen molar-refractivity contribution in [2.45, 2.75) is 0 Å². The minimum atomic E-state index is 0.928. The van der Waals surface area contributed by atoms with E-state index in [1.807, 2.05) is 11.4 Å². The molecule has 0 spiro atoms. The van der Waals surface area contributed by atoms with Gasteiger partial charge in [-0.05, 0) is 27.4 Å². The summed E-state index contributed by atoms with van der Waals surface area (Å²) in [6, 6.07) is 1.90. The fourth-order valence-electron chi connectivity index (χ4n) is 0.450. The van der Waals surface area contributed by atoms with Crippen LogP contribution in [0.3, 0.4) is 0 Å². The standard InChI is InChI=1S/C5H4BrNOS/c6-4-1-2-9-5(4)3-7-8/h1-3,8H. The molecule has 0 bridgehead atoms. The predicted octanol–water partition coefficient (Wildman–Crippen LogP) is 2.32. The van der Waals surface area contributed by atoms with Gasteiger partial charge in [0, 0.05) is 4.47 Å². The quantitative estimate of drug-likeness (QED) is 0.426. The number of hydrogen-bond donors (Lipinski definition) is 1. The van der Waals surface area contributed by atoms with E-state index in [0.717, 1.165) is 9.35 Å². The highest BCUT2D eigenvalue weighted by Crippen LogP contribution is 2.19. The molecule has 9 heavy (non-hydrogen) atoms. The molecule has 0 saturated carbocycles. The first kappa shape index (κ1) is 6.77. The SMILES string of the molecule is ON=Cc1sccc1Br. The molecule has 1 aromatic rings. The van der Waals surface area contributed by atoms with Gasteiger partial charge in [0.2, 0.25) is 0 Å². The third-order valence-corrected chi connectivity index (χ3v) is 2.63. The molecule has 0 radical (unpaired) electrons. The molecule has 0 aliphatic heterocycles. The monoisotopic (exact) mass is 205 g/mol. The number of rotatable bonds is 1. The van der Waals surface area contributed by atoms with Gasteiger partial charge in [-0.25, -0.2) is 0 Å². The molecule has 1 rings (SSSR count). The van der Waals surface area contributed by atoms with Crippen LogP contribution in [0.4, 0.5) is 0 Å². The summed E-state index contributed by atoms with van der Waals surface area (Å²) < 4.78 is 0.963. The van der Waals surface area contributed by atoms with E-state index in [9.17, 15) is 0 Å². The van der Waals surface area contributed by atoms with Crippen LogP contribution < -0.4 is 0 Å². The van der Waals surface area contributed by atoms with Crippen molar-refractivity contribution in [1.29, 1.82) is 0 Å². The Labute approximate surface area is 64.9 Å². The summed E-state index contributed by atoms with van der Waals surface area (Å²) in [4.78, 5) is 0.928. The van der Waals surface area contributed by atoms with Gasteiger partial charge in [0.05, 0.1) is 11.1 Å². The van der Waals surface area contributed by atoms with Crippen LogP contribution in [0.1, 0.15) is 4.88 Å². The lowest BCUT2D eigenvalue weighted by atomic mass is 10.5. The van der Waals surface area contributed by atoms with E-state index in [-0.39, 0.29) is 0 Å². The molecule has 4 heteroatoms. The second-order valence-electron chi connectivity index (χ2n) is 1.38. The maximum atomic E-state index is 8.12. The third kappa shape index (κ3) is 1.53. The Hall–Kier alpha value is -0.350. The fourth-order valence-corrected chi connectivity index (χ4v) is 1.78. The summed E-state index contributed by atoms with van der Waals surface area (Å²) in [5, 5.41) is 12.9. The Morgan fingerprint density at radius 1 is 1.78 bits per heavy atom. The number of nitrogens with zero attached hydrogens (tertiary/aromatic N) is 1. The number of halogens is 1. The average Bonchev–Trinajstić information content (AvgIpc) is 2.18. The summed E-state index contributed by atoms with van der Waals surface area (Å²) in [5.74, 6) is 0. The van der Waals surface area contributed by atoms with Crippen molar-refractivity contribution in [3.8, 4) is 0 Å². The van der Waals surface area contributed by atoms with Crippen molar-refractivity contribution in [3.63, 3.8) is 0 Å². The van der Waals surface area contributed by atoms with Crippen molar-refractivity contribution in [2.75, 3.05) is 0 Å². The number of thiophene rings is 1. The molecule has 0 aliphatic carbocycles. The molecule has 0 unspecified atom stereocenters. The smallest absolute Gasteiger partial charge is 0.0845 e. The van der Waals surface area contributed by atoms with Crippen LogP contribution in [-0.2, 0) is 0 Å². The van der Waals surface area contributed by atoms with Crippen molar-refractivity contribution in [3.05, 3.63) is 20.8 Å². The van der Waals surface area contributed by atoms with Gasteiger partial charge in [-0.1, -0.05) is 5.16 Å². The van der Waals surface area contributed by atoms with Crippen LogP contribution in [0.15, 0.2) is 21.1 Å². The zero-order chi connectivity index (χ0) is 6.69. The fraction of sp³-hybridized carbons (Fsp3) is 0. The van der Waals surface area contributed by atoms with E-state index in [0.29, 0.717) is 0 Å². The minimum Gasteiger partial charge on any atom is -0.411 e. The van der Waals surface area contributed by atoms with Gasteiger partial charge in [-0.15, -0.1) is 11.3 Å². The maximum Gasteiger partial charge on any atom is 0.0845 e. The number of hydrogen-bond acceptors (Lipinski definition) is 3. The Bertz CT molecular complexity index is 220. The van der Waals surface area contributed by atoms with Crippen LogP contribution in [0.25, 0.3) is 0 Å². The highest BCUT2D eigenvalue weighted by Gasteiger charge is 1.94. The Morgan fingerprint density at radius 3 is 3.00 bits per heavy atom. The van der Waals surface area contributed by atoms with Crippen LogP contribution >= 0.6 is 27.3 Å². The van der Waals surface area contributed by atoms with Crippen LogP contribution in [0.2, 0.25) is 0 Å². The lowest BCUT2D eigenvalue weighted by Crippen LogP contribution is -1.71. The van der Waals surface area contributed by atoms with Crippen LogP contribution in [0.5, 0.6) is 0 Å². The summed E-state index contributed by atoms with van der Waals surface area (Å²) in [6.07, 6.45) is 1.40. The molecule has 1 heterocycles. The van der Waals surface area contributed by atoms with Gasteiger partial charge in [0.1, 0.15) is 0 Å². The topological polar surface area (TPSA) is 32.6 Å². The van der Waals surface area contributed by atoms with E-state index in [1.54, 1.807) is 0 Å². The van der Waals surface area contributed by atoms with Gasteiger partial charge in [-0.2, -0.15) is 0 Å². The first-order chi connectivity index (χ1) is 4.34. The molecule has 48 valence electrons. The van der Waals surface area contributed by atoms with E-state index < -0.39 is 0 Å². The predicted molar refractivity (Wildman–Crippen MR) is 41.4 cm³/mol. The highest BCUT2D eigenvalue weighted by atomic mass is 79.9. The molecular formula is C5H4BrNOS. The Kier molecular flexibility index (Phi) is 2.24. The molecule has 0 fully saturated rings. The van der Waals surface area contributed by atoms with Crippen molar-refractivity contribution >= 4 is 33.5 Å². The average molecular weight is 206 g/mol. The van der Waals surface area contributed by atoms with Gasteiger partial charge in [0.15, 0.2) is 0 Å². The largest absolute Gasteiger partial charge is 0.411 e. The first-order valence-electron chi connectivity index (χ1n) is 2.25. The van der Waals surface area contributed by atoms with Crippen LogP contribution in [0, 0.1) is 0 Å². The van der Waals surface area contributed by atoms with E-state index >= 15 is 0 Å². The summed E-state index contributed by atoms with van der Waals surface area (Å²) in [5.41, 5.74) is 0. The molecule has 0 aromatic carbocycles. The minimum absolute atomic E-state index is 0.928. The lowest BCUT2D eigenvalue weighted by Gasteiger charge is -1.80. The third-order valence-electron chi connectivity index (χ3n) is 0.820. The molecule has 0 saturated heterocycles. The van der Waals surface area contributed by atoms with Gasteiger partial charge in [0.25, 0.3) is 0 Å². The Balaban J connectivity index is 2.94. The van der Waals surface area contributed by atoms with E-state index in [4.69, 9.17) is 5.21 Å². The maximum absolute atomic E-state index is 8.12. The molecule has 0 aliphatic rings. The first-order valence-corrected chi connectivity index (χ1v) is 3.92. The molecule has 2 nitrogen and oxygen atoms in total. The zero-order valence-electron chi connectivity index (χ0n) is 4.41. The van der Waals surface area contributed by atoms with E-state index in [2.05, 4.69) is 21.1 Å². The molecule has 1 N–H and O–H groups in total. The van der Waals surface area contributed by atoms with Crippen molar-refractivity contribution in [2.24, 2.45) is 5.16 Å². The highest BCUT2D eigenvalue weighted by molar-refractivity contribution is 9.10. The van der Waals surface area contributed by atoms with Crippen molar-refractivity contribution in [1.82, 2.24) is 0 Å². The molecule has 0 amide bonds. The summed E-state index contributed by atoms with van der Waals surface area (Å²) >= 11 is 4.79. The van der Waals surface area contributed by atoms with E-state index in [1.165, 1.54) is 17.6 Å². The normalized spacial score (nSPS) is 10.8. The van der Waals surface area contributed by atoms with Crippen LogP contribution in [-0.4, -0.2) is 11.4 Å². The molecular weight excluding hydrogens is 202 g/mol. The number of oxime groups is 1. The zero-order valence-corrected chi connectivity index (χ0v) is 6.82. The Morgan fingerprint density at radius 2 is 2.56 bits per heavy atom. The van der Waals surface area contributed by atoms with Gasteiger partial charge >= 0.3 is 0 Å². The molecule has 1 aromatic heterocycles. The second-order valence-corrected chi connectivity index (χ2v) is 3.18. The molecule has 0 atom stereocenters. The van der Waals surface area contributed by atoms with Gasteiger partial charge < -0.3 is 5.21 Å². The summed E-state index contributed by atoms with van der Waals surface area (Å²) in [7, 11) is 0. The van der Waals surface area contributed by atoms with Crippen molar-refractivity contribution < 1.29 is 5.21 Å². The summed E-state index contributed by atoms with van der Waals surface area (Å²) in [6.45, 7) is 0. The van der Waals surface area contributed by atoms with Gasteiger partial charge in [-0.3, -0.25) is 0 Å². The lowest BCUT2D eigenvalue weighted by molar-refractivity contribution is 0.322. The second kappa shape index (κ2) is 2.98.